The highest BCUT2D eigenvalue weighted by Crippen LogP contribution is 2.40. The molecule has 0 aromatic rings. The van der Waals surface area contributed by atoms with Crippen molar-refractivity contribution in [2.24, 2.45) is 0 Å². The molecule has 3 nitrogen and oxygen atoms in total. The van der Waals surface area contributed by atoms with Crippen LogP contribution >= 0.6 is 23.5 Å². The first-order chi connectivity index (χ1) is 6.68. The van der Waals surface area contributed by atoms with Gasteiger partial charge < -0.3 is 4.74 Å². The van der Waals surface area contributed by atoms with E-state index in [0.29, 0.717) is 6.42 Å². The van der Waals surface area contributed by atoms with Crippen molar-refractivity contribution in [3.63, 3.8) is 0 Å². The Bertz CT molecular complexity index is 294. The normalized spacial score (nSPS) is 28.2. The Morgan fingerprint density at radius 1 is 1.29 bits per heavy atom. The molecule has 2 rings (SSSR count). The van der Waals surface area contributed by atoms with Crippen molar-refractivity contribution in [3.05, 3.63) is 9.81 Å². The van der Waals surface area contributed by atoms with Gasteiger partial charge in [-0.05, 0) is 6.92 Å². The molecule has 0 aromatic carbocycles. The molecule has 14 heavy (non-hydrogen) atoms. The Morgan fingerprint density at radius 3 is 2.50 bits per heavy atom. The van der Waals surface area contributed by atoms with E-state index in [1.165, 1.54) is 0 Å². The molecule has 2 aliphatic heterocycles. The minimum atomic E-state index is -0.439. The zero-order valence-electron chi connectivity index (χ0n) is 7.74. The Hall–Kier alpha value is -0.420. The average Bonchev–Trinajstić information content (AvgIpc) is 2.54. The quantitative estimate of drug-likeness (QED) is 0.359. The highest BCUT2D eigenvalue weighted by atomic mass is 32.2. The summed E-state index contributed by atoms with van der Waals surface area (Å²) in [7, 11) is 0. The third-order valence-electron chi connectivity index (χ3n) is 2.02. The van der Waals surface area contributed by atoms with Crippen LogP contribution in [0.4, 0.5) is 0 Å². The maximum atomic E-state index is 11.6. The van der Waals surface area contributed by atoms with E-state index in [-0.39, 0.29) is 17.5 Å². The highest BCUT2D eigenvalue weighted by molar-refractivity contribution is 8.25. The van der Waals surface area contributed by atoms with Crippen molar-refractivity contribution in [2.45, 2.75) is 19.4 Å². The number of Topliss-reactive ketones (excluding diaryl/α,β-unsaturated/α-hetero) is 1. The summed E-state index contributed by atoms with van der Waals surface area (Å²) >= 11 is 3.16. The molecule has 1 atom stereocenters. The van der Waals surface area contributed by atoms with E-state index in [9.17, 15) is 9.59 Å². The minimum Gasteiger partial charge on any atom is -0.458 e. The van der Waals surface area contributed by atoms with E-state index < -0.39 is 5.97 Å². The molecule has 2 saturated heterocycles. The van der Waals surface area contributed by atoms with Gasteiger partial charge in [0.15, 0.2) is 5.78 Å². The fraction of sp³-hybridized carbons (Fsp3) is 0.556. The zero-order valence-corrected chi connectivity index (χ0v) is 9.37. The van der Waals surface area contributed by atoms with E-state index in [4.69, 9.17) is 4.74 Å². The van der Waals surface area contributed by atoms with Gasteiger partial charge in [0.2, 0.25) is 0 Å². The molecule has 0 amide bonds. The smallest absolute Gasteiger partial charge is 0.343 e. The Labute approximate surface area is 90.6 Å². The number of esters is 1. The molecule has 5 heteroatoms. The van der Waals surface area contributed by atoms with E-state index in [2.05, 4.69) is 0 Å². The molecule has 2 fully saturated rings. The number of cyclic esters (lactones) is 1. The molecule has 76 valence electrons. The summed E-state index contributed by atoms with van der Waals surface area (Å²) in [4.78, 5) is 23.1. The largest absolute Gasteiger partial charge is 0.458 e. The number of thioether (sulfide) groups is 2. The summed E-state index contributed by atoms with van der Waals surface area (Å²) in [6.45, 7) is 1.74. The predicted molar refractivity (Wildman–Crippen MR) is 57.1 cm³/mol. The second-order valence-corrected chi connectivity index (χ2v) is 5.67. The molecule has 2 heterocycles. The van der Waals surface area contributed by atoms with Crippen LogP contribution in [-0.2, 0) is 14.3 Å². The monoisotopic (exact) mass is 230 g/mol. The van der Waals surface area contributed by atoms with E-state index in [0.717, 1.165) is 15.7 Å². The number of hydrogen-bond acceptors (Lipinski definition) is 5. The number of hydrogen-bond donors (Lipinski definition) is 0. The van der Waals surface area contributed by atoms with Crippen molar-refractivity contribution in [2.75, 3.05) is 11.5 Å². The summed E-state index contributed by atoms with van der Waals surface area (Å²) in [6, 6.07) is 0. The topological polar surface area (TPSA) is 43.4 Å². The molecule has 0 bridgehead atoms. The lowest BCUT2D eigenvalue weighted by molar-refractivity contribution is -0.149. The first-order valence-electron chi connectivity index (χ1n) is 4.42. The van der Waals surface area contributed by atoms with Gasteiger partial charge >= 0.3 is 5.97 Å². The first kappa shape index (κ1) is 10.1. The van der Waals surface area contributed by atoms with Crippen LogP contribution in [0.5, 0.6) is 0 Å². The van der Waals surface area contributed by atoms with Gasteiger partial charge in [-0.1, -0.05) is 0 Å². The summed E-state index contributed by atoms with van der Waals surface area (Å²) in [5, 5.41) is 0. The fourth-order valence-corrected chi connectivity index (χ4v) is 3.97. The van der Waals surface area contributed by atoms with Gasteiger partial charge in [-0.3, -0.25) is 4.79 Å². The van der Waals surface area contributed by atoms with Crippen LogP contribution in [-0.4, -0.2) is 29.4 Å². The van der Waals surface area contributed by atoms with Crippen LogP contribution in [0.25, 0.3) is 0 Å². The SMILES string of the molecule is CC1CC(=O)C(=C2SCCS2)C(=O)O1. The molecular formula is C9H10O3S2. The molecule has 1 unspecified atom stereocenters. The van der Waals surface area contributed by atoms with Crippen molar-refractivity contribution < 1.29 is 14.3 Å². The predicted octanol–water partition coefficient (Wildman–Crippen LogP) is 1.58. The maximum Gasteiger partial charge on any atom is 0.343 e. The maximum absolute atomic E-state index is 11.6. The Kier molecular flexibility index (Phi) is 2.88. The molecule has 0 radical (unpaired) electrons. The lowest BCUT2D eigenvalue weighted by Crippen LogP contribution is -2.30. The zero-order chi connectivity index (χ0) is 10.1. The number of ether oxygens (including phenoxy) is 1. The minimum absolute atomic E-state index is 0.0642. The molecule has 0 N–H and O–H groups in total. The third kappa shape index (κ3) is 1.83. The molecule has 0 saturated carbocycles. The van der Waals surface area contributed by atoms with Gasteiger partial charge in [0.25, 0.3) is 0 Å². The number of carbonyl (C=O) groups is 2. The lowest BCUT2D eigenvalue weighted by atomic mass is 10.0. The van der Waals surface area contributed by atoms with Gasteiger partial charge in [-0.15, -0.1) is 23.5 Å². The molecule has 2 aliphatic rings. The van der Waals surface area contributed by atoms with Crippen LogP contribution in [0, 0.1) is 0 Å². The Morgan fingerprint density at radius 2 is 1.93 bits per heavy atom. The van der Waals surface area contributed by atoms with Gasteiger partial charge in [0, 0.05) is 17.9 Å². The van der Waals surface area contributed by atoms with Crippen molar-refractivity contribution in [3.8, 4) is 0 Å². The Balaban J connectivity index is 2.29. The van der Waals surface area contributed by atoms with Crippen molar-refractivity contribution >= 4 is 35.3 Å². The molecule has 0 spiro atoms. The van der Waals surface area contributed by atoms with Gasteiger partial charge in [0.05, 0.1) is 4.24 Å². The third-order valence-corrected chi connectivity index (χ3v) is 4.73. The van der Waals surface area contributed by atoms with Crippen LogP contribution in [0.1, 0.15) is 13.3 Å². The van der Waals surface area contributed by atoms with Gasteiger partial charge in [-0.2, -0.15) is 0 Å². The van der Waals surface area contributed by atoms with Gasteiger partial charge in [-0.25, -0.2) is 4.79 Å². The number of carbonyl (C=O) groups excluding carboxylic acids is 2. The summed E-state index contributed by atoms with van der Waals surface area (Å²) < 4.78 is 5.89. The summed E-state index contributed by atoms with van der Waals surface area (Å²) in [6.07, 6.45) is 0.0573. The van der Waals surface area contributed by atoms with Crippen LogP contribution < -0.4 is 0 Å². The van der Waals surface area contributed by atoms with Crippen molar-refractivity contribution in [1.29, 1.82) is 0 Å². The standard InChI is InChI=1S/C9H10O3S2/c1-5-4-6(10)7(8(11)12-5)9-13-2-3-14-9/h5H,2-4H2,1H3. The number of ketones is 1. The summed E-state index contributed by atoms with van der Waals surface area (Å²) in [5.41, 5.74) is 0.288. The van der Waals surface area contributed by atoms with Crippen LogP contribution in [0.2, 0.25) is 0 Å². The van der Waals surface area contributed by atoms with E-state index in [1.807, 2.05) is 0 Å². The fourth-order valence-electron chi connectivity index (χ4n) is 1.41. The second kappa shape index (κ2) is 3.98. The van der Waals surface area contributed by atoms with E-state index >= 15 is 0 Å². The van der Waals surface area contributed by atoms with Crippen LogP contribution in [0.15, 0.2) is 9.81 Å². The van der Waals surface area contributed by atoms with E-state index in [1.54, 1.807) is 30.4 Å². The van der Waals surface area contributed by atoms with Crippen molar-refractivity contribution in [1.82, 2.24) is 0 Å². The van der Waals surface area contributed by atoms with Gasteiger partial charge in [0.1, 0.15) is 11.7 Å². The first-order valence-corrected chi connectivity index (χ1v) is 6.39. The average molecular weight is 230 g/mol. The number of rotatable bonds is 0. The lowest BCUT2D eigenvalue weighted by Gasteiger charge is -2.20. The molecule has 0 aromatic heterocycles. The van der Waals surface area contributed by atoms with Crippen LogP contribution in [0.3, 0.4) is 0 Å². The second-order valence-electron chi connectivity index (χ2n) is 3.20. The molecule has 0 aliphatic carbocycles. The molecular weight excluding hydrogens is 220 g/mol. The summed E-state index contributed by atoms with van der Waals surface area (Å²) in [5.74, 6) is 1.44. The highest BCUT2D eigenvalue weighted by Gasteiger charge is 2.33.